The molecule has 198 valence electrons. The summed E-state index contributed by atoms with van der Waals surface area (Å²) in [5.41, 5.74) is 9.14. The smallest absolute Gasteiger partial charge is 0.235 e. The lowest BCUT2D eigenvalue weighted by Gasteiger charge is -2.23. The standard InChI is InChI=1S/C23H21FN6S.C4H10N2O/c1-15-19(13-28-30(15)18-6-3-2-4-7-18)16-10-21(31-23-20(24)8-5-9-26-23)22-17(11-25)12-27-29(22)14-16;1-6(2)4(7)3-5/h5,8-10,12-14,18H,2-4,6-7H2,1H3;3,5H2,1-2H3. The molecule has 5 rings (SSSR count). The number of halogens is 1. The topological polar surface area (TPSA) is 118 Å². The Morgan fingerprint density at radius 1 is 1.26 bits per heavy atom. The third-order valence-corrected chi connectivity index (χ3v) is 7.60. The highest BCUT2D eigenvalue weighted by Gasteiger charge is 2.21. The van der Waals surface area contributed by atoms with Crippen molar-refractivity contribution >= 4 is 23.2 Å². The minimum atomic E-state index is -0.393. The molecule has 1 aliphatic rings. The van der Waals surface area contributed by atoms with Crippen LogP contribution in [0.3, 0.4) is 0 Å². The maximum Gasteiger partial charge on any atom is 0.235 e. The Hall–Kier alpha value is -3.75. The van der Waals surface area contributed by atoms with E-state index in [1.807, 2.05) is 18.5 Å². The van der Waals surface area contributed by atoms with Crippen LogP contribution in [0.1, 0.15) is 49.4 Å². The first-order valence-corrected chi connectivity index (χ1v) is 13.3. The number of rotatable bonds is 5. The van der Waals surface area contributed by atoms with Crippen LogP contribution in [-0.4, -0.2) is 55.8 Å². The molecule has 9 nitrogen and oxygen atoms in total. The third kappa shape index (κ3) is 5.87. The number of amides is 1. The first kappa shape index (κ1) is 27.3. The van der Waals surface area contributed by atoms with E-state index in [-0.39, 0.29) is 17.5 Å². The summed E-state index contributed by atoms with van der Waals surface area (Å²) in [7, 11) is 3.35. The van der Waals surface area contributed by atoms with Crippen LogP contribution >= 0.6 is 11.8 Å². The number of hydrogen-bond donors (Lipinski definition) is 1. The van der Waals surface area contributed by atoms with Crippen molar-refractivity contribution in [2.45, 2.75) is 55.0 Å². The van der Waals surface area contributed by atoms with Gasteiger partial charge in [-0.2, -0.15) is 15.5 Å². The summed E-state index contributed by atoms with van der Waals surface area (Å²) < 4.78 is 18.1. The van der Waals surface area contributed by atoms with Crippen LogP contribution in [0.25, 0.3) is 16.6 Å². The predicted octanol–water partition coefficient (Wildman–Crippen LogP) is 4.60. The molecule has 0 spiro atoms. The number of pyridine rings is 2. The van der Waals surface area contributed by atoms with E-state index in [4.69, 9.17) is 10.8 Å². The van der Waals surface area contributed by atoms with E-state index < -0.39 is 5.82 Å². The molecule has 0 aromatic carbocycles. The van der Waals surface area contributed by atoms with Crippen molar-refractivity contribution in [2.75, 3.05) is 20.6 Å². The normalized spacial score (nSPS) is 13.6. The molecule has 38 heavy (non-hydrogen) atoms. The molecule has 1 fully saturated rings. The van der Waals surface area contributed by atoms with Gasteiger partial charge in [-0.25, -0.2) is 13.9 Å². The Bertz CT molecular complexity index is 1470. The van der Waals surface area contributed by atoms with Gasteiger partial charge in [-0.3, -0.25) is 9.48 Å². The molecule has 0 radical (unpaired) electrons. The highest BCUT2D eigenvalue weighted by atomic mass is 32.2. The van der Waals surface area contributed by atoms with E-state index in [1.165, 1.54) is 48.2 Å². The summed E-state index contributed by atoms with van der Waals surface area (Å²) >= 11 is 1.20. The molecule has 11 heteroatoms. The zero-order valence-electron chi connectivity index (χ0n) is 21.8. The van der Waals surface area contributed by atoms with Gasteiger partial charge in [-0.05, 0) is 38.0 Å². The number of nitriles is 1. The second-order valence-corrected chi connectivity index (χ2v) is 10.4. The van der Waals surface area contributed by atoms with Crippen molar-refractivity contribution < 1.29 is 9.18 Å². The lowest BCUT2D eigenvalue weighted by Crippen LogP contribution is -2.28. The SMILES string of the molecule is CN(C)C(=O)CN.Cc1c(-c2cc(Sc3ncccc3F)c3c(C#N)cnn3c2)cnn1C1CCCCC1. The van der Waals surface area contributed by atoms with Gasteiger partial charge >= 0.3 is 0 Å². The van der Waals surface area contributed by atoms with Gasteiger partial charge in [0.25, 0.3) is 0 Å². The summed E-state index contributed by atoms with van der Waals surface area (Å²) in [6.07, 6.45) is 13.0. The fourth-order valence-corrected chi connectivity index (χ4v) is 5.50. The third-order valence-electron chi connectivity index (χ3n) is 6.58. The Morgan fingerprint density at radius 2 is 2.03 bits per heavy atom. The van der Waals surface area contributed by atoms with Crippen LogP contribution in [0.15, 0.2) is 52.9 Å². The monoisotopic (exact) mass is 534 g/mol. The lowest BCUT2D eigenvalue weighted by molar-refractivity contribution is -0.127. The highest BCUT2D eigenvalue weighted by Crippen LogP contribution is 2.37. The maximum atomic E-state index is 14.3. The summed E-state index contributed by atoms with van der Waals surface area (Å²) in [6.45, 7) is 2.20. The second kappa shape index (κ2) is 12.2. The molecular weight excluding hydrogens is 503 g/mol. The predicted molar refractivity (Wildman–Crippen MR) is 144 cm³/mol. The van der Waals surface area contributed by atoms with Crippen molar-refractivity contribution in [3.8, 4) is 17.2 Å². The minimum Gasteiger partial charge on any atom is -0.348 e. The zero-order valence-corrected chi connectivity index (χ0v) is 22.6. The van der Waals surface area contributed by atoms with E-state index >= 15 is 0 Å². The Morgan fingerprint density at radius 3 is 2.66 bits per heavy atom. The summed E-state index contributed by atoms with van der Waals surface area (Å²) in [4.78, 5) is 16.7. The van der Waals surface area contributed by atoms with Crippen molar-refractivity contribution in [2.24, 2.45) is 5.73 Å². The molecule has 1 aliphatic carbocycles. The molecule has 0 atom stereocenters. The molecule has 0 saturated heterocycles. The van der Waals surface area contributed by atoms with E-state index in [0.29, 0.717) is 17.1 Å². The van der Waals surface area contributed by atoms with Crippen molar-refractivity contribution in [3.63, 3.8) is 0 Å². The second-order valence-electron chi connectivity index (χ2n) is 9.32. The van der Waals surface area contributed by atoms with Gasteiger partial charge in [0.15, 0.2) is 5.82 Å². The van der Waals surface area contributed by atoms with Gasteiger partial charge in [-0.15, -0.1) is 0 Å². The molecule has 0 aliphatic heterocycles. The van der Waals surface area contributed by atoms with E-state index in [9.17, 15) is 14.4 Å². The van der Waals surface area contributed by atoms with Crippen LogP contribution in [0.4, 0.5) is 4.39 Å². The van der Waals surface area contributed by atoms with Gasteiger partial charge < -0.3 is 10.6 Å². The Labute approximate surface area is 225 Å². The lowest BCUT2D eigenvalue weighted by atomic mass is 9.95. The van der Waals surface area contributed by atoms with Crippen molar-refractivity contribution in [1.82, 2.24) is 29.3 Å². The van der Waals surface area contributed by atoms with Crippen LogP contribution in [0.5, 0.6) is 0 Å². The number of aromatic nitrogens is 5. The van der Waals surface area contributed by atoms with Gasteiger partial charge in [-0.1, -0.05) is 31.0 Å². The maximum absolute atomic E-state index is 14.3. The van der Waals surface area contributed by atoms with Crippen LogP contribution in [0.2, 0.25) is 0 Å². The quantitative estimate of drug-likeness (QED) is 0.397. The first-order chi connectivity index (χ1) is 18.3. The number of hydrogen-bond acceptors (Lipinski definition) is 7. The summed E-state index contributed by atoms with van der Waals surface area (Å²) in [6, 6.07) is 7.55. The van der Waals surface area contributed by atoms with Crippen molar-refractivity contribution in [3.05, 3.63) is 60.1 Å². The van der Waals surface area contributed by atoms with Gasteiger partial charge in [0.05, 0.1) is 36.1 Å². The number of nitrogens with two attached hydrogens (primary N) is 1. The molecule has 4 aromatic rings. The average Bonchev–Trinajstić information content (AvgIpc) is 3.53. The zero-order chi connectivity index (χ0) is 27.2. The van der Waals surface area contributed by atoms with Gasteiger partial charge in [0, 0.05) is 48.2 Å². The largest absolute Gasteiger partial charge is 0.348 e. The van der Waals surface area contributed by atoms with E-state index in [2.05, 4.69) is 27.8 Å². The number of nitrogens with zero attached hydrogens (tertiary/aromatic N) is 7. The minimum absolute atomic E-state index is 0.0417. The number of fused-ring (bicyclic) bond motifs is 1. The molecule has 1 saturated carbocycles. The average molecular weight is 535 g/mol. The Balaban J connectivity index is 0.000000426. The molecular formula is C27H31FN8OS. The first-order valence-electron chi connectivity index (χ1n) is 12.5. The summed E-state index contributed by atoms with van der Waals surface area (Å²) in [5, 5.41) is 18.9. The molecule has 1 amide bonds. The van der Waals surface area contributed by atoms with Crippen LogP contribution in [0, 0.1) is 24.1 Å². The molecule has 4 heterocycles. The molecule has 2 N–H and O–H groups in total. The number of carbonyl (C=O) groups excluding carboxylic acids is 1. The summed E-state index contributed by atoms with van der Waals surface area (Å²) in [5.74, 6) is -0.435. The molecule has 0 bridgehead atoms. The van der Waals surface area contributed by atoms with Crippen LogP contribution < -0.4 is 5.73 Å². The van der Waals surface area contributed by atoms with Crippen LogP contribution in [-0.2, 0) is 4.79 Å². The molecule has 4 aromatic heterocycles. The fraction of sp³-hybridized carbons (Fsp3) is 0.370. The van der Waals surface area contributed by atoms with Gasteiger partial charge in [0.1, 0.15) is 11.1 Å². The molecule has 0 unspecified atom stereocenters. The highest BCUT2D eigenvalue weighted by molar-refractivity contribution is 7.99. The van der Waals surface area contributed by atoms with Crippen molar-refractivity contribution in [1.29, 1.82) is 5.26 Å². The Kier molecular flexibility index (Phi) is 8.76. The van der Waals surface area contributed by atoms with E-state index in [0.717, 1.165) is 34.6 Å². The van der Waals surface area contributed by atoms with Gasteiger partial charge in [0.2, 0.25) is 5.91 Å². The number of likely N-dealkylation sites (N-methyl/N-ethyl adjacent to an activating group) is 1. The van der Waals surface area contributed by atoms with E-state index in [1.54, 1.807) is 30.9 Å². The fourth-order valence-electron chi connectivity index (χ4n) is 4.52. The number of carbonyl (C=O) groups is 1.